The van der Waals surface area contributed by atoms with Crippen molar-refractivity contribution in [3.8, 4) is 0 Å². The minimum Gasteiger partial charge on any atom is -0.344 e. The van der Waals surface area contributed by atoms with Crippen LogP contribution in [0.3, 0.4) is 0 Å². The molecule has 1 aliphatic rings. The smallest absolute Gasteiger partial charge is 0.185 e. The first kappa shape index (κ1) is 15.7. The molecule has 1 aromatic heterocycles. The largest absolute Gasteiger partial charge is 0.344 e. The lowest BCUT2D eigenvalue weighted by Crippen LogP contribution is -2.37. The number of anilines is 1. The standard InChI is InChI=1S/C15H28N4S/c1-5-7-16-13(3)14-10-17-15(20-14)19-9-6-8-18(4)11-12(19)2/h10,12-13,16H,5-9,11H2,1-4H3. The number of rotatable bonds is 5. The fourth-order valence-corrected chi connectivity index (χ4v) is 3.80. The molecular weight excluding hydrogens is 268 g/mol. The van der Waals surface area contributed by atoms with E-state index in [9.17, 15) is 0 Å². The molecule has 0 aromatic carbocycles. The fraction of sp³-hybridized carbons (Fsp3) is 0.800. The number of hydrogen-bond acceptors (Lipinski definition) is 5. The second-order valence-corrected chi connectivity index (χ2v) is 6.92. The van der Waals surface area contributed by atoms with E-state index in [2.05, 4.69) is 54.1 Å². The van der Waals surface area contributed by atoms with E-state index in [0.717, 1.165) is 19.6 Å². The molecule has 4 nitrogen and oxygen atoms in total. The summed E-state index contributed by atoms with van der Waals surface area (Å²) in [6, 6.07) is 0.951. The molecular formula is C15H28N4S. The third-order valence-corrected chi connectivity index (χ3v) is 5.15. The van der Waals surface area contributed by atoms with Crippen LogP contribution in [0.25, 0.3) is 0 Å². The lowest BCUT2D eigenvalue weighted by molar-refractivity contribution is 0.337. The number of hydrogen-bond donors (Lipinski definition) is 1. The second-order valence-electron chi connectivity index (χ2n) is 5.88. The van der Waals surface area contributed by atoms with E-state index in [0.29, 0.717) is 12.1 Å². The Kier molecular flexibility index (Phi) is 5.81. The zero-order valence-electron chi connectivity index (χ0n) is 13.2. The summed E-state index contributed by atoms with van der Waals surface area (Å²) in [6.45, 7) is 11.2. The summed E-state index contributed by atoms with van der Waals surface area (Å²) in [6.07, 6.45) is 4.44. The third-order valence-electron chi connectivity index (χ3n) is 3.93. The maximum atomic E-state index is 4.67. The molecule has 1 aliphatic heterocycles. The predicted molar refractivity (Wildman–Crippen MR) is 87.7 cm³/mol. The van der Waals surface area contributed by atoms with Gasteiger partial charge in [-0.1, -0.05) is 6.92 Å². The van der Waals surface area contributed by atoms with Gasteiger partial charge in [0, 0.05) is 36.2 Å². The summed E-state index contributed by atoms with van der Waals surface area (Å²) in [4.78, 5) is 10.9. The number of nitrogens with zero attached hydrogens (tertiary/aromatic N) is 3. The van der Waals surface area contributed by atoms with Crippen molar-refractivity contribution in [2.75, 3.05) is 38.1 Å². The van der Waals surface area contributed by atoms with Gasteiger partial charge >= 0.3 is 0 Å². The zero-order chi connectivity index (χ0) is 14.5. The summed E-state index contributed by atoms with van der Waals surface area (Å²) in [5.74, 6) is 0. The van der Waals surface area contributed by atoms with Gasteiger partial charge in [0.25, 0.3) is 0 Å². The maximum absolute atomic E-state index is 4.67. The van der Waals surface area contributed by atoms with E-state index < -0.39 is 0 Å². The van der Waals surface area contributed by atoms with Crippen molar-refractivity contribution in [3.63, 3.8) is 0 Å². The number of thiazole rings is 1. The predicted octanol–water partition coefficient (Wildman–Crippen LogP) is 2.73. The highest BCUT2D eigenvalue weighted by Crippen LogP contribution is 2.29. The van der Waals surface area contributed by atoms with Crippen molar-refractivity contribution in [2.24, 2.45) is 0 Å². The van der Waals surface area contributed by atoms with Gasteiger partial charge in [-0.3, -0.25) is 0 Å². The minimum absolute atomic E-state index is 0.408. The molecule has 0 radical (unpaired) electrons. The maximum Gasteiger partial charge on any atom is 0.185 e. The van der Waals surface area contributed by atoms with Crippen molar-refractivity contribution in [3.05, 3.63) is 11.1 Å². The highest BCUT2D eigenvalue weighted by atomic mass is 32.1. The summed E-state index contributed by atoms with van der Waals surface area (Å²) < 4.78 is 0. The molecule has 0 amide bonds. The van der Waals surface area contributed by atoms with E-state index in [-0.39, 0.29) is 0 Å². The van der Waals surface area contributed by atoms with Gasteiger partial charge < -0.3 is 15.1 Å². The van der Waals surface area contributed by atoms with Crippen LogP contribution in [0.1, 0.15) is 44.5 Å². The molecule has 20 heavy (non-hydrogen) atoms. The van der Waals surface area contributed by atoms with Crippen LogP contribution >= 0.6 is 11.3 Å². The van der Waals surface area contributed by atoms with Crippen molar-refractivity contribution in [1.29, 1.82) is 0 Å². The van der Waals surface area contributed by atoms with Gasteiger partial charge in [-0.15, -0.1) is 11.3 Å². The van der Waals surface area contributed by atoms with Gasteiger partial charge in [0.05, 0.1) is 0 Å². The number of aromatic nitrogens is 1. The minimum atomic E-state index is 0.408. The van der Waals surface area contributed by atoms with Gasteiger partial charge in [-0.2, -0.15) is 0 Å². The van der Waals surface area contributed by atoms with Gasteiger partial charge in [-0.25, -0.2) is 4.98 Å². The van der Waals surface area contributed by atoms with Crippen LogP contribution in [0.15, 0.2) is 6.20 Å². The molecule has 0 aliphatic carbocycles. The molecule has 1 saturated heterocycles. The Morgan fingerprint density at radius 1 is 1.50 bits per heavy atom. The van der Waals surface area contributed by atoms with E-state index in [1.807, 2.05) is 11.3 Å². The van der Waals surface area contributed by atoms with Crippen LogP contribution in [0.2, 0.25) is 0 Å². The molecule has 0 bridgehead atoms. The van der Waals surface area contributed by atoms with Crippen LogP contribution in [0.4, 0.5) is 5.13 Å². The van der Waals surface area contributed by atoms with Crippen molar-refractivity contribution in [1.82, 2.24) is 15.2 Å². The molecule has 2 rings (SSSR count). The highest BCUT2D eigenvalue weighted by molar-refractivity contribution is 7.15. The Morgan fingerprint density at radius 2 is 2.30 bits per heavy atom. The van der Waals surface area contributed by atoms with Crippen molar-refractivity contribution < 1.29 is 0 Å². The molecule has 2 atom stereocenters. The molecule has 5 heteroatoms. The number of nitrogens with one attached hydrogen (secondary N) is 1. The van der Waals surface area contributed by atoms with Crippen LogP contribution in [0, 0.1) is 0 Å². The first-order valence-electron chi connectivity index (χ1n) is 7.76. The quantitative estimate of drug-likeness (QED) is 0.905. The Bertz CT molecular complexity index is 406. The van der Waals surface area contributed by atoms with Gasteiger partial charge in [0.2, 0.25) is 0 Å². The van der Waals surface area contributed by atoms with Gasteiger partial charge in [0.1, 0.15) is 0 Å². The first-order chi connectivity index (χ1) is 9.61. The fourth-order valence-electron chi connectivity index (χ4n) is 2.73. The van der Waals surface area contributed by atoms with E-state index in [1.165, 1.54) is 29.4 Å². The molecule has 0 saturated carbocycles. The topological polar surface area (TPSA) is 31.4 Å². The van der Waals surface area contributed by atoms with Gasteiger partial charge in [-0.05, 0) is 46.8 Å². The molecule has 1 N–H and O–H groups in total. The lowest BCUT2D eigenvalue weighted by atomic mass is 10.3. The summed E-state index contributed by atoms with van der Waals surface area (Å²) in [5, 5.41) is 4.73. The second kappa shape index (κ2) is 7.38. The Morgan fingerprint density at radius 3 is 3.05 bits per heavy atom. The van der Waals surface area contributed by atoms with Crippen LogP contribution < -0.4 is 10.2 Å². The average Bonchev–Trinajstić information content (AvgIpc) is 2.83. The molecule has 1 fully saturated rings. The SMILES string of the molecule is CCCNC(C)c1cnc(N2CCCN(C)CC2C)s1. The summed E-state index contributed by atoms with van der Waals surface area (Å²) in [7, 11) is 2.21. The van der Waals surface area contributed by atoms with E-state index in [1.54, 1.807) is 0 Å². The first-order valence-corrected chi connectivity index (χ1v) is 8.57. The van der Waals surface area contributed by atoms with Crippen molar-refractivity contribution >= 4 is 16.5 Å². The third kappa shape index (κ3) is 3.93. The summed E-state index contributed by atoms with van der Waals surface area (Å²) >= 11 is 1.85. The molecule has 1 aromatic rings. The Hall–Kier alpha value is -0.650. The zero-order valence-corrected chi connectivity index (χ0v) is 14.0. The van der Waals surface area contributed by atoms with E-state index >= 15 is 0 Å². The summed E-state index contributed by atoms with van der Waals surface area (Å²) in [5.41, 5.74) is 0. The van der Waals surface area contributed by atoms with E-state index in [4.69, 9.17) is 0 Å². The van der Waals surface area contributed by atoms with Crippen LogP contribution in [-0.2, 0) is 0 Å². The normalized spacial score (nSPS) is 22.8. The highest BCUT2D eigenvalue weighted by Gasteiger charge is 2.22. The monoisotopic (exact) mass is 296 g/mol. The molecule has 114 valence electrons. The average molecular weight is 296 g/mol. The van der Waals surface area contributed by atoms with Crippen molar-refractivity contribution in [2.45, 2.75) is 45.7 Å². The molecule has 2 unspecified atom stereocenters. The number of likely N-dealkylation sites (N-methyl/N-ethyl adjacent to an activating group) is 1. The molecule has 0 spiro atoms. The van der Waals surface area contributed by atoms with Crippen LogP contribution in [-0.4, -0.2) is 49.2 Å². The molecule has 2 heterocycles. The Balaban J connectivity index is 2.03. The lowest BCUT2D eigenvalue weighted by Gasteiger charge is -2.27. The van der Waals surface area contributed by atoms with Crippen LogP contribution in [0.5, 0.6) is 0 Å². The Labute approximate surface area is 127 Å². The van der Waals surface area contributed by atoms with Gasteiger partial charge in [0.15, 0.2) is 5.13 Å².